The third-order valence-corrected chi connectivity index (χ3v) is 1.83. The number of nitrogens with zero attached hydrogens (tertiary/aromatic N) is 1. The molecule has 0 aliphatic carbocycles. The minimum Gasteiger partial charge on any atom is -0.617 e. The maximum absolute atomic E-state index is 9.56. The fraction of sp³-hybridized carbons (Fsp3) is 0.500. The van der Waals surface area contributed by atoms with Gasteiger partial charge in [-0.1, -0.05) is 46.7 Å². The first-order valence-electron chi connectivity index (χ1n) is 5.25. The van der Waals surface area contributed by atoms with Gasteiger partial charge in [-0.2, -0.15) is 0 Å². The number of rotatable bonds is 5. The van der Waals surface area contributed by atoms with Gasteiger partial charge in [-0.05, 0) is 12.0 Å². The van der Waals surface area contributed by atoms with Crippen LogP contribution in [0.2, 0.25) is 0 Å². The molecule has 1 aromatic rings. The molecule has 0 aromatic heterocycles. The normalized spacial score (nSPS) is 10.3. The molecule has 0 aliphatic rings. The average molecular weight is 259 g/mol. The van der Waals surface area contributed by atoms with Crippen LogP contribution >= 0.6 is 0 Å². The van der Waals surface area contributed by atoms with E-state index in [0.29, 0.717) is 0 Å². The quantitative estimate of drug-likeness (QED) is 0.596. The highest BCUT2D eigenvalue weighted by Gasteiger charge is 2.00. The van der Waals surface area contributed by atoms with Crippen LogP contribution < -0.4 is 0 Å². The lowest BCUT2D eigenvalue weighted by Gasteiger charge is -2.15. The van der Waals surface area contributed by atoms with Crippen LogP contribution in [0.1, 0.15) is 5.56 Å². The molecule has 0 saturated carbocycles. The molecule has 98 valence electrons. The molecule has 5 heteroatoms. The lowest BCUT2D eigenvalue weighted by molar-refractivity contribution is -0.341. The SMILES string of the molecule is CON(CCc1ccccc1)OC.C[S+](C)[O-]. The monoisotopic (exact) mass is 259 g/mol. The Balaban J connectivity index is 0.000000557. The molecular formula is C12H21NO3S. The smallest absolute Gasteiger partial charge is 0.0946 e. The Hall–Kier alpha value is -0.590. The van der Waals surface area contributed by atoms with E-state index in [1.165, 1.54) is 10.8 Å². The first-order chi connectivity index (χ1) is 8.10. The van der Waals surface area contributed by atoms with Crippen LogP contribution in [0.4, 0.5) is 0 Å². The van der Waals surface area contributed by atoms with Crippen LogP contribution in [0, 0.1) is 0 Å². The van der Waals surface area contributed by atoms with Gasteiger partial charge in [0.2, 0.25) is 0 Å². The van der Waals surface area contributed by atoms with E-state index in [0.717, 1.165) is 13.0 Å². The van der Waals surface area contributed by atoms with Crippen molar-refractivity contribution < 1.29 is 14.2 Å². The lowest BCUT2D eigenvalue weighted by atomic mass is 10.2. The summed E-state index contributed by atoms with van der Waals surface area (Å²) < 4.78 is 9.56. The second-order valence-corrected chi connectivity index (χ2v) is 4.88. The maximum Gasteiger partial charge on any atom is 0.0946 e. The minimum atomic E-state index is -0.611. The van der Waals surface area contributed by atoms with Crippen molar-refractivity contribution in [3.05, 3.63) is 35.9 Å². The maximum atomic E-state index is 9.56. The molecule has 4 nitrogen and oxygen atoms in total. The molecule has 0 amide bonds. The zero-order valence-electron chi connectivity index (χ0n) is 10.9. The molecule has 0 N–H and O–H groups in total. The van der Waals surface area contributed by atoms with E-state index in [1.807, 2.05) is 18.2 Å². The van der Waals surface area contributed by atoms with E-state index in [2.05, 4.69) is 12.1 Å². The molecule has 0 spiro atoms. The Bertz CT molecular complexity index is 263. The summed E-state index contributed by atoms with van der Waals surface area (Å²) in [5.41, 5.74) is 1.28. The summed E-state index contributed by atoms with van der Waals surface area (Å²) in [4.78, 5) is 9.86. The zero-order valence-corrected chi connectivity index (χ0v) is 11.7. The molecule has 0 aliphatic heterocycles. The molecule has 17 heavy (non-hydrogen) atoms. The highest BCUT2D eigenvalue weighted by atomic mass is 32.2. The summed E-state index contributed by atoms with van der Waals surface area (Å²) in [6.45, 7) is 0.733. The van der Waals surface area contributed by atoms with Crippen LogP contribution in [0.5, 0.6) is 0 Å². The van der Waals surface area contributed by atoms with Gasteiger partial charge in [0.1, 0.15) is 0 Å². The van der Waals surface area contributed by atoms with Crippen molar-refractivity contribution in [2.75, 3.05) is 33.3 Å². The lowest BCUT2D eigenvalue weighted by Crippen LogP contribution is -2.23. The summed E-state index contributed by atoms with van der Waals surface area (Å²) in [7, 11) is 3.18. The minimum absolute atomic E-state index is 0.611. The van der Waals surface area contributed by atoms with Gasteiger partial charge in [-0.3, -0.25) is 9.68 Å². The standard InChI is InChI=1S/C10H15NO2.C2H6OS/c1-12-11(13-2)9-8-10-6-4-3-5-7-10;1-4(2)3/h3-7H,8-9H2,1-2H3;1-2H3. The van der Waals surface area contributed by atoms with Crippen LogP contribution in [0.3, 0.4) is 0 Å². The molecule has 0 saturated heterocycles. The third kappa shape index (κ3) is 10.3. The number of hydrogen-bond donors (Lipinski definition) is 0. The van der Waals surface area contributed by atoms with Gasteiger partial charge >= 0.3 is 0 Å². The summed E-state index contributed by atoms with van der Waals surface area (Å²) in [5.74, 6) is 0. The van der Waals surface area contributed by atoms with Crippen LogP contribution in [0.15, 0.2) is 30.3 Å². The second kappa shape index (κ2) is 10.6. The van der Waals surface area contributed by atoms with Gasteiger partial charge < -0.3 is 4.55 Å². The van der Waals surface area contributed by atoms with Crippen molar-refractivity contribution in [1.29, 1.82) is 0 Å². The Labute approximate surface area is 107 Å². The van der Waals surface area contributed by atoms with Crippen molar-refractivity contribution in [3.8, 4) is 0 Å². The van der Waals surface area contributed by atoms with Gasteiger partial charge in [-0.15, -0.1) is 0 Å². The van der Waals surface area contributed by atoms with E-state index in [-0.39, 0.29) is 0 Å². The largest absolute Gasteiger partial charge is 0.617 e. The summed E-state index contributed by atoms with van der Waals surface area (Å²) >= 11 is -0.611. The van der Waals surface area contributed by atoms with Gasteiger partial charge in [0.05, 0.1) is 33.3 Å². The molecule has 1 rings (SSSR count). The first-order valence-corrected chi connectivity index (χ1v) is 7.21. The average Bonchev–Trinajstić information content (AvgIpc) is 2.31. The number of benzene rings is 1. The van der Waals surface area contributed by atoms with Crippen molar-refractivity contribution >= 4 is 11.2 Å². The topological polar surface area (TPSA) is 44.8 Å². The van der Waals surface area contributed by atoms with Gasteiger partial charge in [0, 0.05) is 0 Å². The van der Waals surface area contributed by atoms with Crippen LogP contribution in [-0.2, 0) is 27.3 Å². The van der Waals surface area contributed by atoms with Gasteiger partial charge in [0.25, 0.3) is 0 Å². The van der Waals surface area contributed by atoms with E-state index < -0.39 is 11.2 Å². The molecule has 1 aromatic carbocycles. The van der Waals surface area contributed by atoms with Crippen molar-refractivity contribution in [1.82, 2.24) is 5.23 Å². The van der Waals surface area contributed by atoms with Gasteiger partial charge in [-0.25, -0.2) is 0 Å². The zero-order chi connectivity index (χ0) is 13.1. The Kier molecular flexibility index (Phi) is 10.2. The fourth-order valence-corrected chi connectivity index (χ4v) is 1.12. The Morgan fingerprint density at radius 1 is 1.12 bits per heavy atom. The van der Waals surface area contributed by atoms with E-state index >= 15 is 0 Å². The number of hydrogen-bond acceptors (Lipinski definition) is 4. The van der Waals surface area contributed by atoms with E-state index in [4.69, 9.17) is 9.68 Å². The molecule has 0 heterocycles. The molecule has 0 bridgehead atoms. The number of hydroxylamine groups is 2. The summed E-state index contributed by atoms with van der Waals surface area (Å²) in [6.07, 6.45) is 4.20. The van der Waals surface area contributed by atoms with Crippen LogP contribution in [0.25, 0.3) is 0 Å². The van der Waals surface area contributed by atoms with Crippen LogP contribution in [-0.4, -0.2) is 43.1 Å². The van der Waals surface area contributed by atoms with Gasteiger partial charge in [0.15, 0.2) is 0 Å². The fourth-order valence-electron chi connectivity index (χ4n) is 1.12. The van der Waals surface area contributed by atoms with Crippen molar-refractivity contribution in [2.24, 2.45) is 0 Å². The summed E-state index contributed by atoms with van der Waals surface area (Å²) in [6, 6.07) is 10.2. The predicted molar refractivity (Wildman–Crippen MR) is 70.9 cm³/mol. The predicted octanol–water partition coefficient (Wildman–Crippen LogP) is 1.65. The molecular weight excluding hydrogens is 238 g/mol. The van der Waals surface area contributed by atoms with Crippen molar-refractivity contribution in [2.45, 2.75) is 6.42 Å². The Morgan fingerprint density at radius 2 is 1.59 bits per heavy atom. The first kappa shape index (κ1) is 16.4. The van der Waals surface area contributed by atoms with E-state index in [1.54, 1.807) is 26.7 Å². The highest BCUT2D eigenvalue weighted by Crippen LogP contribution is 2.01. The molecule has 0 unspecified atom stereocenters. The summed E-state index contributed by atoms with van der Waals surface area (Å²) in [5, 5.41) is 1.45. The molecule has 0 radical (unpaired) electrons. The second-order valence-electron chi connectivity index (χ2n) is 3.40. The molecule has 0 atom stereocenters. The highest BCUT2D eigenvalue weighted by molar-refractivity contribution is 7.89. The van der Waals surface area contributed by atoms with Crippen molar-refractivity contribution in [3.63, 3.8) is 0 Å². The molecule has 0 fully saturated rings. The third-order valence-electron chi connectivity index (χ3n) is 1.83. The van der Waals surface area contributed by atoms with E-state index in [9.17, 15) is 4.55 Å². The Morgan fingerprint density at radius 3 is 2.00 bits per heavy atom.